The first-order valence-corrected chi connectivity index (χ1v) is 6.11. The summed E-state index contributed by atoms with van der Waals surface area (Å²) in [5, 5.41) is 19.4. The zero-order valence-electron chi connectivity index (χ0n) is 11.6. The molecule has 7 heteroatoms. The highest BCUT2D eigenvalue weighted by atomic mass is 16.6. The van der Waals surface area contributed by atoms with E-state index >= 15 is 0 Å². The van der Waals surface area contributed by atoms with Gasteiger partial charge in [0, 0.05) is 6.54 Å². The summed E-state index contributed by atoms with van der Waals surface area (Å²) in [5.41, 5.74) is -0.710. The highest BCUT2D eigenvalue weighted by molar-refractivity contribution is 5.82. The lowest BCUT2D eigenvalue weighted by molar-refractivity contribution is -0.159. The van der Waals surface area contributed by atoms with Gasteiger partial charge in [0.1, 0.15) is 11.7 Å². The molecule has 19 heavy (non-hydrogen) atoms. The summed E-state index contributed by atoms with van der Waals surface area (Å²) >= 11 is 0. The van der Waals surface area contributed by atoms with Gasteiger partial charge in [-0.1, -0.05) is 0 Å². The largest absolute Gasteiger partial charge is 0.467 e. The number of rotatable bonds is 1. The minimum absolute atomic E-state index is 0.118. The number of carbonyl (C=O) groups excluding carboxylic acids is 2. The Balaban J connectivity index is 2.90. The van der Waals surface area contributed by atoms with Crippen LogP contribution in [0.5, 0.6) is 0 Å². The van der Waals surface area contributed by atoms with Gasteiger partial charge < -0.3 is 19.7 Å². The van der Waals surface area contributed by atoms with Gasteiger partial charge in [0.2, 0.25) is 0 Å². The highest BCUT2D eigenvalue weighted by Crippen LogP contribution is 2.22. The van der Waals surface area contributed by atoms with E-state index in [0.717, 1.165) is 12.0 Å². The van der Waals surface area contributed by atoms with Gasteiger partial charge in [-0.15, -0.1) is 0 Å². The van der Waals surface area contributed by atoms with E-state index in [1.54, 1.807) is 20.8 Å². The van der Waals surface area contributed by atoms with Crippen LogP contribution in [0.4, 0.5) is 4.79 Å². The van der Waals surface area contributed by atoms with Crippen LogP contribution in [0.2, 0.25) is 0 Å². The number of amides is 1. The Morgan fingerprint density at radius 3 is 2.32 bits per heavy atom. The molecule has 110 valence electrons. The van der Waals surface area contributed by atoms with Crippen LogP contribution in [0, 0.1) is 0 Å². The van der Waals surface area contributed by atoms with Crippen molar-refractivity contribution < 1.29 is 29.3 Å². The van der Waals surface area contributed by atoms with Crippen molar-refractivity contribution in [3.8, 4) is 0 Å². The van der Waals surface area contributed by atoms with Crippen molar-refractivity contribution in [1.82, 2.24) is 4.90 Å². The zero-order valence-corrected chi connectivity index (χ0v) is 11.6. The van der Waals surface area contributed by atoms with E-state index in [4.69, 9.17) is 4.74 Å². The molecule has 0 saturated carbocycles. The van der Waals surface area contributed by atoms with Gasteiger partial charge in [-0.05, 0) is 27.2 Å². The molecular weight excluding hydrogens is 254 g/mol. The quantitative estimate of drug-likeness (QED) is 0.648. The Morgan fingerprint density at radius 1 is 1.26 bits per heavy atom. The zero-order chi connectivity index (χ0) is 14.8. The number of hydrogen-bond donors (Lipinski definition) is 2. The van der Waals surface area contributed by atoms with E-state index in [1.165, 1.54) is 0 Å². The molecule has 0 spiro atoms. The van der Waals surface area contributed by atoms with E-state index in [9.17, 15) is 19.8 Å². The molecule has 7 nitrogen and oxygen atoms in total. The maximum atomic E-state index is 12.0. The molecule has 2 N–H and O–H groups in total. The first-order chi connectivity index (χ1) is 8.67. The Morgan fingerprint density at radius 2 is 1.84 bits per heavy atom. The molecule has 1 rings (SSSR count). The van der Waals surface area contributed by atoms with Crippen molar-refractivity contribution in [3.05, 3.63) is 0 Å². The fourth-order valence-electron chi connectivity index (χ4n) is 1.89. The van der Waals surface area contributed by atoms with E-state index in [-0.39, 0.29) is 13.0 Å². The first kappa shape index (κ1) is 15.7. The molecule has 1 saturated heterocycles. The van der Waals surface area contributed by atoms with Gasteiger partial charge >= 0.3 is 12.1 Å². The minimum Gasteiger partial charge on any atom is -0.467 e. The number of likely N-dealkylation sites (tertiary alicyclic amines) is 1. The molecule has 0 aliphatic carbocycles. The monoisotopic (exact) mass is 275 g/mol. The van der Waals surface area contributed by atoms with Crippen molar-refractivity contribution in [2.45, 2.75) is 51.0 Å². The molecule has 1 fully saturated rings. The highest BCUT2D eigenvalue weighted by Gasteiger charge is 2.45. The lowest BCUT2D eigenvalue weighted by atomic mass is 9.96. The van der Waals surface area contributed by atoms with Crippen LogP contribution >= 0.6 is 0 Å². The molecule has 0 bridgehead atoms. The van der Waals surface area contributed by atoms with E-state index in [2.05, 4.69) is 4.74 Å². The summed E-state index contributed by atoms with van der Waals surface area (Å²) in [6.07, 6.45) is -2.99. The Hall–Kier alpha value is -1.34. The Labute approximate surface area is 112 Å². The molecule has 1 aliphatic rings. The fraction of sp³-hybridized carbons (Fsp3) is 0.833. The van der Waals surface area contributed by atoms with Crippen molar-refractivity contribution >= 4 is 12.1 Å². The number of aliphatic hydroxyl groups is 2. The summed E-state index contributed by atoms with van der Waals surface area (Å²) < 4.78 is 9.73. The third kappa shape index (κ3) is 3.81. The van der Waals surface area contributed by atoms with Crippen molar-refractivity contribution in [3.63, 3.8) is 0 Å². The number of nitrogens with zero attached hydrogens (tertiary/aromatic N) is 1. The van der Waals surface area contributed by atoms with Crippen molar-refractivity contribution in [1.29, 1.82) is 0 Å². The molecule has 1 aliphatic heterocycles. The second-order valence-electron chi connectivity index (χ2n) is 5.49. The van der Waals surface area contributed by atoms with Crippen LogP contribution in [0.1, 0.15) is 27.2 Å². The summed E-state index contributed by atoms with van der Waals surface area (Å²) in [6, 6.07) is -1.25. The van der Waals surface area contributed by atoms with Gasteiger partial charge in [0.05, 0.1) is 13.2 Å². The average Bonchev–Trinajstić information content (AvgIpc) is 2.29. The standard InChI is InChI=1S/C12H21NO6/c1-12(2,3)19-11(17)13-6-5-7(14)9(15)8(13)10(16)18-4/h7-9,14-15H,5-6H2,1-4H3/t7-,8+,9-/m1/s1. The van der Waals surface area contributed by atoms with Gasteiger partial charge in [0.15, 0.2) is 6.04 Å². The molecular formula is C12H21NO6. The number of ether oxygens (including phenoxy) is 2. The predicted octanol–water partition coefficient (Wildman–Crippen LogP) is -0.109. The van der Waals surface area contributed by atoms with E-state index in [1.807, 2.05) is 0 Å². The SMILES string of the molecule is COC(=O)[C@@H]1[C@H](O)[C@H](O)CCN1C(=O)OC(C)(C)C. The van der Waals surface area contributed by atoms with Gasteiger partial charge in [0.25, 0.3) is 0 Å². The Kier molecular flexibility index (Phi) is 4.75. The number of esters is 1. The van der Waals surface area contributed by atoms with Crippen LogP contribution in [0.15, 0.2) is 0 Å². The summed E-state index contributed by atoms with van der Waals surface area (Å²) in [4.78, 5) is 24.8. The molecule has 0 aromatic rings. The predicted molar refractivity (Wildman–Crippen MR) is 65.4 cm³/mol. The average molecular weight is 275 g/mol. The summed E-state index contributed by atoms with van der Waals surface area (Å²) in [7, 11) is 1.16. The summed E-state index contributed by atoms with van der Waals surface area (Å²) in [5.74, 6) is -0.780. The van der Waals surface area contributed by atoms with Crippen LogP contribution in [-0.2, 0) is 14.3 Å². The van der Waals surface area contributed by atoms with E-state index < -0.39 is 35.9 Å². The van der Waals surface area contributed by atoms with E-state index in [0.29, 0.717) is 0 Å². The topological polar surface area (TPSA) is 96.3 Å². The van der Waals surface area contributed by atoms with Crippen LogP contribution < -0.4 is 0 Å². The third-order valence-electron chi connectivity index (χ3n) is 2.79. The van der Waals surface area contributed by atoms with Crippen molar-refractivity contribution in [2.24, 2.45) is 0 Å². The van der Waals surface area contributed by atoms with Gasteiger partial charge in [-0.2, -0.15) is 0 Å². The van der Waals surface area contributed by atoms with Gasteiger partial charge in [-0.25, -0.2) is 9.59 Å². The minimum atomic E-state index is -1.38. The number of methoxy groups -OCH3 is 1. The van der Waals surface area contributed by atoms with Crippen LogP contribution in [0.25, 0.3) is 0 Å². The first-order valence-electron chi connectivity index (χ1n) is 6.11. The molecule has 1 heterocycles. The second kappa shape index (κ2) is 5.75. The smallest absolute Gasteiger partial charge is 0.411 e. The normalized spacial score (nSPS) is 27.9. The molecule has 0 radical (unpaired) electrons. The number of hydrogen-bond acceptors (Lipinski definition) is 6. The number of carbonyl (C=O) groups is 2. The molecule has 0 unspecified atom stereocenters. The van der Waals surface area contributed by atoms with Gasteiger partial charge in [-0.3, -0.25) is 4.90 Å². The van der Waals surface area contributed by atoms with Crippen LogP contribution in [0.3, 0.4) is 0 Å². The van der Waals surface area contributed by atoms with Crippen LogP contribution in [-0.4, -0.2) is 64.7 Å². The second-order valence-corrected chi connectivity index (χ2v) is 5.49. The maximum absolute atomic E-state index is 12.0. The maximum Gasteiger partial charge on any atom is 0.411 e. The molecule has 0 aromatic carbocycles. The summed E-state index contributed by atoms with van der Waals surface area (Å²) in [6.45, 7) is 5.22. The molecule has 0 aromatic heterocycles. The Bertz CT molecular complexity index is 351. The number of piperidine rings is 1. The lowest BCUT2D eigenvalue weighted by Crippen LogP contribution is -2.60. The third-order valence-corrected chi connectivity index (χ3v) is 2.79. The lowest BCUT2D eigenvalue weighted by Gasteiger charge is -2.39. The molecule has 1 amide bonds. The van der Waals surface area contributed by atoms with Crippen molar-refractivity contribution in [2.75, 3.05) is 13.7 Å². The molecule has 3 atom stereocenters. The number of aliphatic hydroxyl groups excluding tert-OH is 2. The fourth-order valence-corrected chi connectivity index (χ4v) is 1.89.